The Morgan fingerprint density at radius 2 is 1.58 bits per heavy atom. The minimum absolute atomic E-state index is 0.0172. The number of carbonyl (C=O) groups is 2. The van der Waals surface area contributed by atoms with Crippen LogP contribution in [0.3, 0.4) is 0 Å². The summed E-state index contributed by atoms with van der Waals surface area (Å²) in [5, 5.41) is 0. The monoisotopic (exact) mass is 331 g/mol. The van der Waals surface area contributed by atoms with Crippen LogP contribution in [0.25, 0.3) is 5.69 Å². The van der Waals surface area contributed by atoms with Crippen LogP contribution >= 0.6 is 0 Å². The lowest BCUT2D eigenvalue weighted by atomic mass is 10.0. The predicted molar refractivity (Wildman–Crippen MR) is 91.5 cm³/mol. The van der Waals surface area contributed by atoms with Crippen LogP contribution in [0.15, 0.2) is 18.2 Å². The molecule has 1 heterocycles. The highest BCUT2D eigenvalue weighted by molar-refractivity contribution is 6.09. The molecule has 5 heteroatoms. The highest BCUT2D eigenvalue weighted by Gasteiger charge is 2.24. The van der Waals surface area contributed by atoms with Crippen LogP contribution in [-0.2, 0) is 0 Å². The van der Waals surface area contributed by atoms with E-state index in [0.29, 0.717) is 16.9 Å². The van der Waals surface area contributed by atoms with Gasteiger partial charge >= 0.3 is 0 Å². The van der Waals surface area contributed by atoms with E-state index in [1.807, 2.05) is 37.5 Å². The molecule has 0 atom stereocenters. The van der Waals surface area contributed by atoms with Gasteiger partial charge in [-0.3, -0.25) is 9.59 Å². The topological polar surface area (TPSA) is 48.3 Å². The first-order valence-corrected chi connectivity index (χ1v) is 7.83. The van der Waals surface area contributed by atoms with Gasteiger partial charge in [0.05, 0.1) is 0 Å². The normalized spacial score (nSPS) is 10.8. The smallest absolute Gasteiger partial charge is 0.162 e. The molecular weight excluding hydrogens is 309 g/mol. The number of alkyl halides is 1. The number of hydrogen-bond acceptors (Lipinski definition) is 3. The number of Topliss-reactive ketones (excluding diaryl/α,β-unsaturated/α-hetero) is 2. The second-order valence-electron chi connectivity index (χ2n) is 5.85. The number of carbonyl (C=O) groups excluding carboxylic acids is 2. The maximum atomic E-state index is 12.2. The molecule has 2 rings (SSSR count). The summed E-state index contributed by atoms with van der Waals surface area (Å²) in [6.45, 7) is 8.01. The van der Waals surface area contributed by atoms with Crippen molar-refractivity contribution in [1.82, 2.24) is 4.57 Å². The largest absolute Gasteiger partial charge is 0.491 e. The molecule has 0 fully saturated rings. The minimum atomic E-state index is -0.541. The summed E-state index contributed by atoms with van der Waals surface area (Å²) in [6, 6.07) is 5.44. The Hall–Kier alpha value is -2.43. The number of halogens is 1. The zero-order valence-corrected chi connectivity index (χ0v) is 14.7. The van der Waals surface area contributed by atoms with E-state index in [1.54, 1.807) is 6.07 Å². The maximum Gasteiger partial charge on any atom is 0.162 e. The number of ketones is 2. The molecule has 0 saturated heterocycles. The fourth-order valence-corrected chi connectivity index (χ4v) is 3.18. The van der Waals surface area contributed by atoms with Gasteiger partial charge in [0.1, 0.15) is 19.0 Å². The maximum absolute atomic E-state index is 12.2. The van der Waals surface area contributed by atoms with Crippen molar-refractivity contribution in [2.24, 2.45) is 0 Å². The molecule has 0 unspecified atom stereocenters. The summed E-state index contributed by atoms with van der Waals surface area (Å²) < 4.78 is 19.5. The average Bonchev–Trinajstić information content (AvgIpc) is 2.77. The van der Waals surface area contributed by atoms with Gasteiger partial charge in [-0.1, -0.05) is 0 Å². The molecule has 0 aliphatic rings. The summed E-state index contributed by atoms with van der Waals surface area (Å²) >= 11 is 0. The molecule has 4 nitrogen and oxygen atoms in total. The first-order chi connectivity index (χ1) is 11.3. The van der Waals surface area contributed by atoms with Gasteiger partial charge < -0.3 is 9.30 Å². The Morgan fingerprint density at radius 1 is 1.04 bits per heavy atom. The molecule has 0 aliphatic carbocycles. The van der Waals surface area contributed by atoms with Gasteiger partial charge in [-0.25, -0.2) is 4.39 Å². The molecule has 0 spiro atoms. The Balaban J connectivity index is 2.63. The van der Waals surface area contributed by atoms with Crippen LogP contribution < -0.4 is 4.74 Å². The Labute approximate surface area is 141 Å². The first kappa shape index (κ1) is 17.9. The molecule has 128 valence electrons. The molecule has 24 heavy (non-hydrogen) atoms. The van der Waals surface area contributed by atoms with Crippen molar-refractivity contribution in [3.63, 3.8) is 0 Å². The van der Waals surface area contributed by atoms with Crippen LogP contribution in [0.5, 0.6) is 5.75 Å². The van der Waals surface area contributed by atoms with Gasteiger partial charge in [0.15, 0.2) is 11.6 Å². The second-order valence-corrected chi connectivity index (χ2v) is 5.85. The van der Waals surface area contributed by atoms with E-state index in [4.69, 9.17) is 4.74 Å². The number of hydrogen-bond donors (Lipinski definition) is 0. The highest BCUT2D eigenvalue weighted by atomic mass is 19.1. The van der Waals surface area contributed by atoms with Crippen molar-refractivity contribution in [3.05, 3.63) is 46.3 Å². The number of aromatic nitrogens is 1. The zero-order valence-electron chi connectivity index (χ0n) is 14.7. The van der Waals surface area contributed by atoms with Gasteiger partial charge in [0.2, 0.25) is 0 Å². The molecule has 0 radical (unpaired) electrons. The summed E-state index contributed by atoms with van der Waals surface area (Å²) in [4.78, 5) is 24.0. The molecule has 0 bridgehead atoms. The minimum Gasteiger partial charge on any atom is -0.491 e. The quantitative estimate of drug-likeness (QED) is 0.747. The van der Waals surface area contributed by atoms with Crippen LogP contribution in [0.4, 0.5) is 4.39 Å². The molecule has 0 N–H and O–H groups in total. The van der Waals surface area contributed by atoms with Crippen molar-refractivity contribution < 1.29 is 18.7 Å². The first-order valence-electron chi connectivity index (χ1n) is 7.83. The van der Waals surface area contributed by atoms with Gasteiger partial charge in [-0.05, 0) is 58.4 Å². The van der Waals surface area contributed by atoms with Crippen molar-refractivity contribution in [2.45, 2.75) is 34.6 Å². The van der Waals surface area contributed by atoms with E-state index in [9.17, 15) is 14.0 Å². The molecular formula is C19H22FNO3. The number of aryl methyl sites for hydroxylation is 1. The Morgan fingerprint density at radius 3 is 2.00 bits per heavy atom. The Kier molecular flexibility index (Phi) is 5.22. The third-order valence-corrected chi connectivity index (χ3v) is 4.10. The van der Waals surface area contributed by atoms with E-state index in [0.717, 1.165) is 22.6 Å². The van der Waals surface area contributed by atoms with Gasteiger partial charge in [0, 0.05) is 28.2 Å². The summed E-state index contributed by atoms with van der Waals surface area (Å²) in [5.74, 6) is 0.343. The lowest BCUT2D eigenvalue weighted by Crippen LogP contribution is -2.04. The zero-order chi connectivity index (χ0) is 18.0. The standard InChI is InChI=1S/C19H22FNO3/c1-11-10-16(24-9-8-20)6-7-17(11)21-12(2)18(14(4)22)19(13(21)3)15(5)23/h6-7,10H,8-9H2,1-5H3. The van der Waals surface area contributed by atoms with Crippen LogP contribution in [0, 0.1) is 20.8 Å². The third kappa shape index (κ3) is 3.11. The van der Waals surface area contributed by atoms with E-state index in [2.05, 4.69) is 0 Å². The van der Waals surface area contributed by atoms with E-state index >= 15 is 0 Å². The van der Waals surface area contributed by atoms with Gasteiger partial charge in [0.25, 0.3) is 0 Å². The number of ether oxygens (including phenoxy) is 1. The number of benzene rings is 1. The predicted octanol–water partition coefficient (Wildman–Crippen LogP) is 4.16. The number of rotatable bonds is 6. The molecule has 0 aliphatic heterocycles. The van der Waals surface area contributed by atoms with Gasteiger partial charge in [-0.2, -0.15) is 0 Å². The highest BCUT2D eigenvalue weighted by Crippen LogP contribution is 2.30. The lowest BCUT2D eigenvalue weighted by molar-refractivity contribution is 0.0981. The van der Waals surface area contributed by atoms with Crippen LogP contribution in [0.2, 0.25) is 0 Å². The third-order valence-electron chi connectivity index (χ3n) is 4.10. The van der Waals surface area contributed by atoms with E-state index < -0.39 is 6.67 Å². The van der Waals surface area contributed by atoms with Crippen molar-refractivity contribution in [3.8, 4) is 11.4 Å². The van der Waals surface area contributed by atoms with E-state index in [-0.39, 0.29) is 18.2 Å². The van der Waals surface area contributed by atoms with Crippen LogP contribution in [0.1, 0.15) is 51.5 Å². The summed E-state index contributed by atoms with van der Waals surface area (Å²) in [6.07, 6.45) is 0. The van der Waals surface area contributed by atoms with Crippen molar-refractivity contribution in [2.75, 3.05) is 13.3 Å². The summed E-state index contributed by atoms with van der Waals surface area (Å²) in [5.41, 5.74) is 4.20. The average molecular weight is 331 g/mol. The Bertz CT molecular complexity index is 768. The lowest BCUT2D eigenvalue weighted by Gasteiger charge is -2.14. The van der Waals surface area contributed by atoms with Gasteiger partial charge in [-0.15, -0.1) is 0 Å². The molecule has 1 aromatic carbocycles. The molecule has 1 aromatic heterocycles. The molecule has 0 saturated carbocycles. The van der Waals surface area contributed by atoms with Crippen LogP contribution in [-0.4, -0.2) is 29.4 Å². The SMILES string of the molecule is CC(=O)c1c(C(C)=O)c(C)n(-c2ccc(OCCF)cc2C)c1C. The fraction of sp³-hybridized carbons (Fsp3) is 0.368. The second kappa shape index (κ2) is 6.99. The van der Waals surface area contributed by atoms with Crippen molar-refractivity contribution >= 4 is 11.6 Å². The van der Waals surface area contributed by atoms with E-state index in [1.165, 1.54) is 13.8 Å². The fourth-order valence-electron chi connectivity index (χ4n) is 3.18. The molecule has 2 aromatic rings. The van der Waals surface area contributed by atoms with Crippen molar-refractivity contribution in [1.29, 1.82) is 0 Å². The summed E-state index contributed by atoms with van der Waals surface area (Å²) in [7, 11) is 0. The molecule has 0 amide bonds. The number of nitrogens with zero attached hydrogens (tertiary/aromatic N) is 1.